The maximum Gasteiger partial charge on any atom is 0.317 e. The van der Waals surface area contributed by atoms with Gasteiger partial charge >= 0.3 is 6.03 Å². The molecule has 1 rings (SSSR count). The first kappa shape index (κ1) is 18.3. The van der Waals surface area contributed by atoms with E-state index in [0.29, 0.717) is 19.1 Å². The number of nitrogens with zero attached hydrogens (tertiary/aromatic N) is 2. The van der Waals surface area contributed by atoms with Crippen LogP contribution < -0.4 is 10.1 Å². The Morgan fingerprint density at radius 3 is 2.73 bits per heavy atom. The Morgan fingerprint density at radius 2 is 2.09 bits per heavy atom. The van der Waals surface area contributed by atoms with Gasteiger partial charge in [0.1, 0.15) is 5.75 Å². The van der Waals surface area contributed by atoms with E-state index in [1.54, 1.807) is 19.1 Å². The summed E-state index contributed by atoms with van der Waals surface area (Å²) in [5.41, 5.74) is 1.05. The van der Waals surface area contributed by atoms with Crippen LogP contribution in [0.25, 0.3) is 0 Å². The lowest BCUT2D eigenvalue weighted by Gasteiger charge is -2.24. The summed E-state index contributed by atoms with van der Waals surface area (Å²) < 4.78 is 5.20. The molecule has 0 radical (unpaired) electrons. The predicted molar refractivity (Wildman–Crippen MR) is 90.2 cm³/mol. The molecule has 0 saturated carbocycles. The lowest BCUT2D eigenvalue weighted by molar-refractivity contribution is 0.201. The van der Waals surface area contributed by atoms with Crippen LogP contribution in [0.4, 0.5) is 4.79 Å². The number of benzene rings is 1. The number of methoxy groups -OCH3 is 1. The monoisotopic (exact) mass is 307 g/mol. The molecule has 0 spiro atoms. The molecule has 0 aliphatic carbocycles. The second-order valence-electron chi connectivity index (χ2n) is 5.68. The van der Waals surface area contributed by atoms with Crippen molar-refractivity contribution in [2.24, 2.45) is 0 Å². The van der Waals surface area contributed by atoms with Crippen LogP contribution in [-0.4, -0.2) is 56.2 Å². The van der Waals surface area contributed by atoms with Crippen LogP contribution in [-0.2, 0) is 6.54 Å². The summed E-state index contributed by atoms with van der Waals surface area (Å²) in [7, 11) is 5.52. The standard InChI is InChI=1S/C17H29N3O2/c1-6-14(2)19(3)11-10-18-17(21)20(4)13-15-8-7-9-16(12-15)22-5/h7-9,12,14H,6,10-11,13H2,1-5H3,(H,18,21). The lowest BCUT2D eigenvalue weighted by Crippen LogP contribution is -2.41. The highest BCUT2D eigenvalue weighted by Crippen LogP contribution is 2.13. The first-order valence-corrected chi connectivity index (χ1v) is 7.80. The molecular weight excluding hydrogens is 278 g/mol. The highest BCUT2D eigenvalue weighted by molar-refractivity contribution is 5.73. The molecule has 5 nitrogen and oxygen atoms in total. The quantitative estimate of drug-likeness (QED) is 0.803. The fraction of sp³-hybridized carbons (Fsp3) is 0.588. The molecule has 1 N–H and O–H groups in total. The van der Waals surface area contributed by atoms with Crippen molar-refractivity contribution in [1.29, 1.82) is 0 Å². The molecule has 124 valence electrons. The van der Waals surface area contributed by atoms with E-state index >= 15 is 0 Å². The molecular formula is C17H29N3O2. The van der Waals surface area contributed by atoms with Crippen molar-refractivity contribution in [3.8, 4) is 5.75 Å². The smallest absolute Gasteiger partial charge is 0.317 e. The van der Waals surface area contributed by atoms with Crippen molar-refractivity contribution in [3.05, 3.63) is 29.8 Å². The Hall–Kier alpha value is -1.75. The van der Waals surface area contributed by atoms with Gasteiger partial charge in [-0.15, -0.1) is 0 Å². The van der Waals surface area contributed by atoms with Crippen LogP contribution in [0.1, 0.15) is 25.8 Å². The number of carbonyl (C=O) groups is 1. The fourth-order valence-electron chi connectivity index (χ4n) is 2.12. The van der Waals surface area contributed by atoms with Crippen LogP contribution in [0, 0.1) is 0 Å². The molecule has 0 fully saturated rings. The first-order valence-electron chi connectivity index (χ1n) is 7.80. The summed E-state index contributed by atoms with van der Waals surface area (Å²) in [6, 6.07) is 8.24. The van der Waals surface area contributed by atoms with Crippen molar-refractivity contribution in [2.75, 3.05) is 34.3 Å². The third-order valence-corrected chi connectivity index (χ3v) is 3.98. The summed E-state index contributed by atoms with van der Waals surface area (Å²) in [4.78, 5) is 16.0. The van der Waals surface area contributed by atoms with Gasteiger partial charge in [-0.3, -0.25) is 0 Å². The van der Waals surface area contributed by atoms with Gasteiger partial charge in [-0.25, -0.2) is 4.79 Å². The molecule has 2 amide bonds. The van der Waals surface area contributed by atoms with E-state index in [2.05, 4.69) is 31.1 Å². The molecule has 0 saturated heterocycles. The number of nitrogens with one attached hydrogen (secondary N) is 1. The molecule has 1 aromatic carbocycles. The average molecular weight is 307 g/mol. The SMILES string of the molecule is CCC(C)N(C)CCNC(=O)N(C)Cc1cccc(OC)c1. The number of carbonyl (C=O) groups excluding carboxylic acids is 1. The molecule has 0 heterocycles. The number of hydrogen-bond donors (Lipinski definition) is 1. The van der Waals surface area contributed by atoms with Gasteiger partial charge < -0.3 is 19.9 Å². The van der Waals surface area contributed by atoms with Crippen LogP contribution >= 0.6 is 0 Å². The lowest BCUT2D eigenvalue weighted by atomic mass is 10.2. The number of hydrogen-bond acceptors (Lipinski definition) is 3. The Kier molecular flexibility index (Phi) is 7.74. The molecule has 0 bridgehead atoms. The van der Waals surface area contributed by atoms with Crippen LogP contribution in [0.15, 0.2) is 24.3 Å². The van der Waals surface area contributed by atoms with E-state index < -0.39 is 0 Å². The van der Waals surface area contributed by atoms with Crippen LogP contribution in [0.5, 0.6) is 5.75 Å². The fourth-order valence-corrected chi connectivity index (χ4v) is 2.12. The highest BCUT2D eigenvalue weighted by atomic mass is 16.5. The molecule has 1 atom stereocenters. The predicted octanol–water partition coefficient (Wildman–Crippen LogP) is 2.57. The molecule has 1 unspecified atom stereocenters. The number of rotatable bonds is 8. The van der Waals surface area contributed by atoms with Crippen molar-refractivity contribution < 1.29 is 9.53 Å². The highest BCUT2D eigenvalue weighted by Gasteiger charge is 2.10. The maximum absolute atomic E-state index is 12.1. The zero-order valence-electron chi connectivity index (χ0n) is 14.4. The zero-order valence-corrected chi connectivity index (χ0v) is 14.4. The Labute approximate surface area is 134 Å². The topological polar surface area (TPSA) is 44.8 Å². The summed E-state index contributed by atoms with van der Waals surface area (Å²) in [6.07, 6.45) is 1.11. The number of urea groups is 1. The van der Waals surface area contributed by atoms with E-state index in [1.807, 2.05) is 24.3 Å². The molecule has 0 aliphatic heterocycles. The van der Waals surface area contributed by atoms with Crippen molar-refractivity contribution in [2.45, 2.75) is 32.9 Å². The third-order valence-electron chi connectivity index (χ3n) is 3.98. The zero-order chi connectivity index (χ0) is 16.5. The minimum Gasteiger partial charge on any atom is -0.497 e. The van der Waals surface area contributed by atoms with E-state index in [-0.39, 0.29) is 6.03 Å². The summed E-state index contributed by atoms with van der Waals surface area (Å²) >= 11 is 0. The summed E-state index contributed by atoms with van der Waals surface area (Å²) in [5, 5.41) is 2.96. The Bertz CT molecular complexity index is 465. The Balaban J connectivity index is 2.38. The van der Waals surface area contributed by atoms with Gasteiger partial charge in [0.05, 0.1) is 7.11 Å². The van der Waals surface area contributed by atoms with Gasteiger partial charge in [-0.05, 0) is 38.1 Å². The first-order chi connectivity index (χ1) is 10.5. The second kappa shape index (κ2) is 9.30. The number of likely N-dealkylation sites (N-methyl/N-ethyl adjacent to an activating group) is 1. The minimum absolute atomic E-state index is 0.0552. The van der Waals surface area contributed by atoms with Crippen molar-refractivity contribution in [1.82, 2.24) is 15.1 Å². The largest absolute Gasteiger partial charge is 0.497 e. The van der Waals surface area contributed by atoms with Gasteiger partial charge in [0.2, 0.25) is 0 Å². The van der Waals surface area contributed by atoms with Crippen LogP contribution in [0.3, 0.4) is 0 Å². The normalized spacial score (nSPS) is 12.1. The summed E-state index contributed by atoms with van der Waals surface area (Å²) in [5.74, 6) is 0.807. The van der Waals surface area contributed by atoms with Crippen molar-refractivity contribution >= 4 is 6.03 Å². The van der Waals surface area contributed by atoms with Gasteiger partial charge in [0.25, 0.3) is 0 Å². The van der Waals surface area contributed by atoms with Crippen LogP contribution in [0.2, 0.25) is 0 Å². The molecule has 22 heavy (non-hydrogen) atoms. The van der Waals surface area contributed by atoms with Gasteiger partial charge in [0.15, 0.2) is 0 Å². The van der Waals surface area contributed by atoms with E-state index in [0.717, 1.165) is 24.3 Å². The van der Waals surface area contributed by atoms with Gasteiger partial charge in [-0.1, -0.05) is 19.1 Å². The molecule has 0 aliphatic rings. The number of amides is 2. The van der Waals surface area contributed by atoms with E-state index in [9.17, 15) is 4.79 Å². The van der Waals surface area contributed by atoms with Gasteiger partial charge in [0, 0.05) is 32.7 Å². The van der Waals surface area contributed by atoms with Gasteiger partial charge in [-0.2, -0.15) is 0 Å². The molecule has 5 heteroatoms. The van der Waals surface area contributed by atoms with E-state index in [4.69, 9.17) is 4.74 Å². The van der Waals surface area contributed by atoms with Crippen molar-refractivity contribution in [3.63, 3.8) is 0 Å². The minimum atomic E-state index is -0.0552. The third kappa shape index (κ3) is 5.93. The maximum atomic E-state index is 12.1. The molecule has 0 aromatic heterocycles. The number of ether oxygens (including phenoxy) is 1. The summed E-state index contributed by atoms with van der Waals surface area (Å²) in [6.45, 7) is 6.43. The second-order valence-corrected chi connectivity index (χ2v) is 5.68. The van der Waals surface area contributed by atoms with E-state index in [1.165, 1.54) is 0 Å². The molecule has 1 aromatic rings. The Morgan fingerprint density at radius 1 is 1.36 bits per heavy atom. The average Bonchev–Trinajstić information content (AvgIpc) is 2.53.